The summed E-state index contributed by atoms with van der Waals surface area (Å²) in [6, 6.07) is 7.54. The van der Waals surface area contributed by atoms with Crippen LogP contribution in [-0.2, 0) is 11.2 Å². The quantitative estimate of drug-likeness (QED) is 0.767. The number of benzene rings is 1. The number of hydrogen-bond acceptors (Lipinski definition) is 1. The Morgan fingerprint density at radius 1 is 1.35 bits per heavy atom. The van der Waals surface area contributed by atoms with Crippen LogP contribution in [-0.4, -0.2) is 28.7 Å². The lowest BCUT2D eigenvalue weighted by molar-refractivity contribution is -0.131. The fraction of sp³-hybridized carbons (Fsp3) is 0.462. The number of piperidine rings is 1. The molecule has 1 aliphatic heterocycles. The predicted molar refractivity (Wildman–Crippen MR) is 73.7 cm³/mol. The molecule has 1 heterocycles. The Morgan fingerprint density at radius 3 is 2.65 bits per heavy atom. The molecule has 0 unspecified atom stereocenters. The lowest BCUT2D eigenvalue weighted by atomic mass is 10.1. The molecule has 0 aromatic heterocycles. The first kappa shape index (κ1) is 12.9. The maximum absolute atomic E-state index is 12.1. The summed E-state index contributed by atoms with van der Waals surface area (Å²) < 4.78 is 0. The van der Waals surface area contributed by atoms with Crippen LogP contribution in [0.3, 0.4) is 0 Å². The third-order valence-corrected chi connectivity index (χ3v) is 4.36. The van der Waals surface area contributed by atoms with Gasteiger partial charge in [0.25, 0.3) is 0 Å². The summed E-state index contributed by atoms with van der Waals surface area (Å²) in [5.41, 5.74) is 0.917. The summed E-state index contributed by atoms with van der Waals surface area (Å²) in [6.07, 6.45) is 2.48. The van der Waals surface area contributed by atoms with Gasteiger partial charge in [-0.3, -0.25) is 4.79 Å². The molecule has 92 valence electrons. The minimum absolute atomic E-state index is 0.178. The lowest BCUT2D eigenvalue weighted by Crippen LogP contribution is -2.39. The third-order valence-electron chi connectivity index (χ3n) is 3.08. The van der Waals surface area contributed by atoms with E-state index in [1.807, 2.05) is 29.2 Å². The Kier molecular flexibility index (Phi) is 4.46. The zero-order chi connectivity index (χ0) is 12.3. The van der Waals surface area contributed by atoms with Gasteiger partial charge in [0, 0.05) is 22.9 Å². The van der Waals surface area contributed by atoms with Gasteiger partial charge in [0.15, 0.2) is 0 Å². The van der Waals surface area contributed by atoms with E-state index in [0.717, 1.165) is 31.5 Å². The normalized spacial score (nSPS) is 17.2. The van der Waals surface area contributed by atoms with Crippen LogP contribution in [0.5, 0.6) is 0 Å². The van der Waals surface area contributed by atoms with Gasteiger partial charge in [-0.05, 0) is 24.5 Å². The highest BCUT2D eigenvalue weighted by Gasteiger charge is 2.21. The highest BCUT2D eigenvalue weighted by atomic mass is 79.9. The molecule has 1 saturated heterocycles. The van der Waals surface area contributed by atoms with Crippen LogP contribution >= 0.6 is 27.5 Å². The van der Waals surface area contributed by atoms with Crippen LogP contribution in [0.25, 0.3) is 0 Å². The molecule has 0 atom stereocenters. The van der Waals surface area contributed by atoms with Crippen molar-refractivity contribution in [3.05, 3.63) is 34.9 Å². The van der Waals surface area contributed by atoms with Gasteiger partial charge in [0.05, 0.1) is 6.42 Å². The SMILES string of the molecule is O=C(Cc1ccccc1Cl)N1CCC(Br)CC1. The second-order valence-electron chi connectivity index (χ2n) is 4.32. The Morgan fingerprint density at radius 2 is 2.00 bits per heavy atom. The smallest absolute Gasteiger partial charge is 0.227 e. The van der Waals surface area contributed by atoms with Gasteiger partial charge in [-0.1, -0.05) is 45.7 Å². The van der Waals surface area contributed by atoms with Gasteiger partial charge in [-0.25, -0.2) is 0 Å². The topological polar surface area (TPSA) is 20.3 Å². The number of carbonyl (C=O) groups is 1. The monoisotopic (exact) mass is 315 g/mol. The van der Waals surface area contributed by atoms with Crippen molar-refractivity contribution < 1.29 is 4.79 Å². The van der Waals surface area contributed by atoms with Gasteiger partial charge in [0.2, 0.25) is 5.91 Å². The first-order valence-electron chi connectivity index (χ1n) is 5.82. The number of rotatable bonds is 2. The number of nitrogens with zero attached hydrogens (tertiary/aromatic N) is 1. The number of hydrogen-bond donors (Lipinski definition) is 0. The van der Waals surface area contributed by atoms with E-state index in [-0.39, 0.29) is 5.91 Å². The molecule has 4 heteroatoms. The third kappa shape index (κ3) is 3.46. The van der Waals surface area contributed by atoms with Crippen LogP contribution in [0.4, 0.5) is 0 Å². The van der Waals surface area contributed by atoms with E-state index >= 15 is 0 Å². The molecule has 2 rings (SSSR count). The number of likely N-dealkylation sites (tertiary alicyclic amines) is 1. The molecule has 0 N–H and O–H groups in total. The van der Waals surface area contributed by atoms with E-state index < -0.39 is 0 Å². The van der Waals surface area contributed by atoms with Crippen molar-refractivity contribution >= 4 is 33.4 Å². The highest BCUT2D eigenvalue weighted by molar-refractivity contribution is 9.09. The molecule has 1 aliphatic rings. The van der Waals surface area contributed by atoms with E-state index in [4.69, 9.17) is 11.6 Å². The second-order valence-corrected chi connectivity index (χ2v) is 6.03. The largest absolute Gasteiger partial charge is 0.342 e. The van der Waals surface area contributed by atoms with Crippen LogP contribution in [0.1, 0.15) is 18.4 Å². The summed E-state index contributed by atoms with van der Waals surface area (Å²) in [5, 5.41) is 0.677. The van der Waals surface area contributed by atoms with Crippen molar-refractivity contribution in [3.8, 4) is 0 Å². The molecule has 0 bridgehead atoms. The van der Waals surface area contributed by atoms with E-state index in [1.54, 1.807) is 0 Å². The maximum Gasteiger partial charge on any atom is 0.227 e. The minimum atomic E-state index is 0.178. The van der Waals surface area contributed by atoms with E-state index in [1.165, 1.54) is 0 Å². The highest BCUT2D eigenvalue weighted by Crippen LogP contribution is 2.20. The van der Waals surface area contributed by atoms with Gasteiger partial charge < -0.3 is 4.90 Å². The van der Waals surface area contributed by atoms with Gasteiger partial charge >= 0.3 is 0 Å². The van der Waals surface area contributed by atoms with E-state index in [0.29, 0.717) is 16.3 Å². The first-order chi connectivity index (χ1) is 8.16. The van der Waals surface area contributed by atoms with E-state index in [9.17, 15) is 4.79 Å². The molecule has 2 nitrogen and oxygen atoms in total. The molecule has 1 fully saturated rings. The minimum Gasteiger partial charge on any atom is -0.342 e. The van der Waals surface area contributed by atoms with Crippen molar-refractivity contribution in [3.63, 3.8) is 0 Å². The summed E-state index contributed by atoms with van der Waals surface area (Å²) >= 11 is 9.64. The molecular weight excluding hydrogens is 302 g/mol. The Bertz CT molecular complexity index is 402. The van der Waals surface area contributed by atoms with Crippen LogP contribution in [0.2, 0.25) is 5.02 Å². The summed E-state index contributed by atoms with van der Waals surface area (Å²) in [6.45, 7) is 1.69. The van der Waals surface area contributed by atoms with Gasteiger partial charge in [-0.15, -0.1) is 0 Å². The molecule has 1 aromatic rings. The predicted octanol–water partition coefficient (Wildman–Crippen LogP) is 3.27. The van der Waals surface area contributed by atoms with Crippen molar-refractivity contribution in [2.45, 2.75) is 24.1 Å². The Labute approximate surface area is 115 Å². The molecular formula is C13H15BrClNO. The molecule has 0 aliphatic carbocycles. The molecule has 0 spiro atoms. The van der Waals surface area contributed by atoms with Crippen LogP contribution in [0.15, 0.2) is 24.3 Å². The lowest BCUT2D eigenvalue weighted by Gasteiger charge is -2.29. The van der Waals surface area contributed by atoms with Crippen molar-refractivity contribution in [2.24, 2.45) is 0 Å². The summed E-state index contributed by atoms with van der Waals surface area (Å²) in [7, 11) is 0. The van der Waals surface area contributed by atoms with Crippen molar-refractivity contribution in [1.29, 1.82) is 0 Å². The number of carbonyl (C=O) groups excluding carboxylic acids is 1. The number of amides is 1. The zero-order valence-electron chi connectivity index (χ0n) is 9.53. The van der Waals surface area contributed by atoms with Crippen LogP contribution < -0.4 is 0 Å². The fourth-order valence-corrected chi connectivity index (χ4v) is 2.63. The summed E-state index contributed by atoms with van der Waals surface area (Å²) in [4.78, 5) is 14.6. The van der Waals surface area contributed by atoms with Gasteiger partial charge in [-0.2, -0.15) is 0 Å². The number of alkyl halides is 1. The average molecular weight is 317 g/mol. The summed E-state index contributed by atoms with van der Waals surface area (Å²) in [5.74, 6) is 0.178. The van der Waals surface area contributed by atoms with E-state index in [2.05, 4.69) is 15.9 Å². The molecule has 17 heavy (non-hydrogen) atoms. The second kappa shape index (κ2) is 5.87. The van der Waals surface area contributed by atoms with Crippen molar-refractivity contribution in [2.75, 3.05) is 13.1 Å². The number of halogens is 2. The Hall–Kier alpha value is -0.540. The first-order valence-corrected chi connectivity index (χ1v) is 7.11. The van der Waals surface area contributed by atoms with Crippen LogP contribution in [0, 0.1) is 0 Å². The molecule has 1 amide bonds. The Balaban J connectivity index is 1.95. The van der Waals surface area contributed by atoms with Crippen molar-refractivity contribution in [1.82, 2.24) is 4.90 Å². The standard InChI is InChI=1S/C13H15BrClNO/c14-11-5-7-16(8-6-11)13(17)9-10-3-1-2-4-12(10)15/h1-4,11H,5-9H2. The molecule has 1 aromatic carbocycles. The van der Waals surface area contributed by atoms with Gasteiger partial charge in [0.1, 0.15) is 0 Å². The fourth-order valence-electron chi connectivity index (χ4n) is 2.01. The maximum atomic E-state index is 12.1. The zero-order valence-corrected chi connectivity index (χ0v) is 11.9. The molecule has 0 saturated carbocycles. The average Bonchev–Trinajstić information content (AvgIpc) is 2.33. The molecule has 0 radical (unpaired) electrons.